The van der Waals surface area contributed by atoms with Gasteiger partial charge in [-0.15, -0.1) is 10.2 Å². The van der Waals surface area contributed by atoms with Gasteiger partial charge in [0.2, 0.25) is 10.0 Å². The smallest absolute Gasteiger partial charge is 0.218 e. The molecule has 0 fully saturated rings. The number of aliphatic hydroxyl groups excluding tert-OH is 1. The zero-order valence-electron chi connectivity index (χ0n) is 11.4. The van der Waals surface area contributed by atoms with Crippen molar-refractivity contribution in [2.24, 2.45) is 0 Å². The number of hydrogen-bond acceptors (Lipinski definition) is 5. The standard InChI is InChI=1S/C13H16N4O3S/c18-8-11-2-1-3-12(6-11)9-21(19,20)17-5-4-16-10-14-15-13(16)7-17/h1-3,6,10,18H,4-5,7-9H2. The Morgan fingerprint density at radius 1 is 1.24 bits per heavy atom. The minimum Gasteiger partial charge on any atom is -0.392 e. The number of rotatable bonds is 4. The molecule has 112 valence electrons. The van der Waals surface area contributed by atoms with E-state index in [2.05, 4.69) is 10.2 Å². The summed E-state index contributed by atoms with van der Waals surface area (Å²) in [6, 6.07) is 6.98. The highest BCUT2D eigenvalue weighted by Gasteiger charge is 2.27. The lowest BCUT2D eigenvalue weighted by atomic mass is 10.1. The summed E-state index contributed by atoms with van der Waals surface area (Å²) in [6.45, 7) is 1.15. The molecule has 0 spiro atoms. The van der Waals surface area contributed by atoms with E-state index in [4.69, 9.17) is 5.11 Å². The summed E-state index contributed by atoms with van der Waals surface area (Å²) >= 11 is 0. The molecule has 3 rings (SSSR count). The number of aliphatic hydroxyl groups is 1. The van der Waals surface area contributed by atoms with E-state index in [1.807, 2.05) is 4.57 Å². The average molecular weight is 308 g/mol. The molecule has 1 N–H and O–H groups in total. The number of benzene rings is 1. The maximum atomic E-state index is 12.5. The summed E-state index contributed by atoms with van der Waals surface area (Å²) < 4.78 is 28.3. The fraction of sp³-hybridized carbons (Fsp3) is 0.385. The number of hydrogen-bond donors (Lipinski definition) is 1. The molecule has 1 aliphatic rings. The van der Waals surface area contributed by atoms with Crippen LogP contribution >= 0.6 is 0 Å². The van der Waals surface area contributed by atoms with E-state index >= 15 is 0 Å². The van der Waals surface area contributed by atoms with Crippen LogP contribution in [0.4, 0.5) is 0 Å². The second kappa shape index (κ2) is 5.55. The maximum absolute atomic E-state index is 12.5. The first-order valence-electron chi connectivity index (χ1n) is 6.62. The Bertz CT molecular complexity index is 741. The highest BCUT2D eigenvalue weighted by atomic mass is 32.2. The van der Waals surface area contributed by atoms with Crippen LogP contribution in [0.15, 0.2) is 30.6 Å². The predicted molar refractivity (Wildman–Crippen MR) is 75.4 cm³/mol. The lowest BCUT2D eigenvalue weighted by Crippen LogP contribution is -2.38. The molecule has 0 radical (unpaired) electrons. The highest BCUT2D eigenvalue weighted by Crippen LogP contribution is 2.18. The van der Waals surface area contributed by atoms with Crippen molar-refractivity contribution in [1.82, 2.24) is 19.1 Å². The molecule has 0 saturated heterocycles. The monoisotopic (exact) mass is 308 g/mol. The second-order valence-electron chi connectivity index (χ2n) is 5.01. The zero-order valence-corrected chi connectivity index (χ0v) is 12.2. The Morgan fingerprint density at radius 2 is 2.05 bits per heavy atom. The first-order chi connectivity index (χ1) is 10.1. The van der Waals surface area contributed by atoms with Crippen molar-refractivity contribution in [3.8, 4) is 0 Å². The topological polar surface area (TPSA) is 88.3 Å². The van der Waals surface area contributed by atoms with Gasteiger partial charge in [-0.25, -0.2) is 8.42 Å². The van der Waals surface area contributed by atoms with Gasteiger partial charge in [-0.3, -0.25) is 0 Å². The predicted octanol–water partition coefficient (Wildman–Crippen LogP) is 0.116. The fourth-order valence-electron chi connectivity index (χ4n) is 2.40. The van der Waals surface area contributed by atoms with Gasteiger partial charge in [0.1, 0.15) is 12.2 Å². The summed E-state index contributed by atoms with van der Waals surface area (Å²) in [6.07, 6.45) is 1.62. The molecular formula is C13H16N4O3S. The van der Waals surface area contributed by atoms with Gasteiger partial charge in [0.25, 0.3) is 0 Å². The summed E-state index contributed by atoms with van der Waals surface area (Å²) in [5.74, 6) is 0.587. The lowest BCUT2D eigenvalue weighted by Gasteiger charge is -2.26. The van der Waals surface area contributed by atoms with E-state index in [0.717, 1.165) is 0 Å². The molecule has 21 heavy (non-hydrogen) atoms. The minimum atomic E-state index is -3.41. The maximum Gasteiger partial charge on any atom is 0.218 e. The molecule has 2 aromatic rings. The minimum absolute atomic E-state index is 0.0744. The van der Waals surface area contributed by atoms with E-state index in [1.54, 1.807) is 30.6 Å². The molecule has 8 heteroatoms. The third kappa shape index (κ3) is 2.97. The van der Waals surface area contributed by atoms with Gasteiger partial charge in [0.05, 0.1) is 18.9 Å². The normalized spacial score (nSPS) is 15.9. The average Bonchev–Trinajstić information content (AvgIpc) is 2.94. The summed E-state index contributed by atoms with van der Waals surface area (Å²) in [5.41, 5.74) is 1.38. The molecular weight excluding hydrogens is 292 g/mol. The van der Waals surface area contributed by atoms with Gasteiger partial charge in [-0.2, -0.15) is 4.31 Å². The third-order valence-corrected chi connectivity index (χ3v) is 5.32. The van der Waals surface area contributed by atoms with Crippen LogP contribution in [0.25, 0.3) is 0 Å². The SMILES string of the molecule is O=S(=O)(Cc1cccc(CO)c1)N1CCn2cnnc2C1. The van der Waals surface area contributed by atoms with Gasteiger partial charge < -0.3 is 9.67 Å². The zero-order chi connectivity index (χ0) is 14.9. The van der Waals surface area contributed by atoms with Crippen molar-refractivity contribution in [2.75, 3.05) is 6.54 Å². The molecule has 0 bridgehead atoms. The first kappa shape index (κ1) is 14.2. The van der Waals surface area contributed by atoms with Crippen LogP contribution in [0.3, 0.4) is 0 Å². The molecule has 1 aromatic carbocycles. The number of nitrogens with zero attached hydrogens (tertiary/aromatic N) is 4. The molecule has 1 aromatic heterocycles. The van der Waals surface area contributed by atoms with E-state index in [9.17, 15) is 8.42 Å². The molecule has 1 aliphatic heterocycles. The number of sulfonamides is 1. The summed E-state index contributed by atoms with van der Waals surface area (Å²) in [5, 5.41) is 16.8. The Balaban J connectivity index is 1.78. The molecule has 0 aliphatic carbocycles. The first-order valence-corrected chi connectivity index (χ1v) is 8.22. The van der Waals surface area contributed by atoms with E-state index in [-0.39, 0.29) is 18.9 Å². The van der Waals surface area contributed by atoms with Gasteiger partial charge in [0, 0.05) is 13.1 Å². The molecule has 7 nitrogen and oxygen atoms in total. The summed E-state index contributed by atoms with van der Waals surface area (Å²) in [4.78, 5) is 0. The van der Waals surface area contributed by atoms with Crippen molar-refractivity contribution in [3.63, 3.8) is 0 Å². The Labute approximate surface area is 122 Å². The number of aromatic nitrogens is 3. The second-order valence-corrected chi connectivity index (χ2v) is 6.98. The largest absolute Gasteiger partial charge is 0.392 e. The van der Waals surface area contributed by atoms with Crippen molar-refractivity contribution < 1.29 is 13.5 Å². The van der Waals surface area contributed by atoms with Crippen LogP contribution < -0.4 is 0 Å². The fourth-order valence-corrected chi connectivity index (χ4v) is 3.86. The molecule has 0 saturated carbocycles. The Kier molecular flexibility index (Phi) is 3.75. The van der Waals surface area contributed by atoms with Gasteiger partial charge in [-0.1, -0.05) is 24.3 Å². The van der Waals surface area contributed by atoms with Crippen LogP contribution in [-0.4, -0.2) is 39.1 Å². The van der Waals surface area contributed by atoms with Gasteiger partial charge in [-0.05, 0) is 11.1 Å². The Hall–Kier alpha value is -1.77. The quantitative estimate of drug-likeness (QED) is 0.866. The Morgan fingerprint density at radius 3 is 2.86 bits per heavy atom. The van der Waals surface area contributed by atoms with Crippen LogP contribution in [0.2, 0.25) is 0 Å². The van der Waals surface area contributed by atoms with Crippen LogP contribution in [0, 0.1) is 0 Å². The van der Waals surface area contributed by atoms with Crippen molar-refractivity contribution in [2.45, 2.75) is 25.4 Å². The third-order valence-electron chi connectivity index (χ3n) is 3.52. The number of fused-ring (bicyclic) bond motifs is 1. The highest BCUT2D eigenvalue weighted by molar-refractivity contribution is 7.88. The van der Waals surface area contributed by atoms with E-state index in [0.29, 0.717) is 30.0 Å². The van der Waals surface area contributed by atoms with Crippen LogP contribution in [0.5, 0.6) is 0 Å². The van der Waals surface area contributed by atoms with Crippen LogP contribution in [-0.2, 0) is 35.5 Å². The molecule has 2 heterocycles. The molecule has 0 amide bonds. The molecule has 0 atom stereocenters. The van der Waals surface area contributed by atoms with Gasteiger partial charge in [0.15, 0.2) is 0 Å². The van der Waals surface area contributed by atoms with E-state index in [1.165, 1.54) is 4.31 Å². The van der Waals surface area contributed by atoms with E-state index < -0.39 is 10.0 Å². The van der Waals surface area contributed by atoms with Gasteiger partial charge >= 0.3 is 0 Å². The van der Waals surface area contributed by atoms with Crippen molar-refractivity contribution >= 4 is 10.0 Å². The van der Waals surface area contributed by atoms with Crippen molar-refractivity contribution in [3.05, 3.63) is 47.5 Å². The molecule has 0 unspecified atom stereocenters. The van der Waals surface area contributed by atoms with Crippen LogP contribution in [0.1, 0.15) is 17.0 Å². The lowest BCUT2D eigenvalue weighted by molar-refractivity contribution is 0.281. The summed E-state index contributed by atoms with van der Waals surface area (Å²) in [7, 11) is -3.41. The van der Waals surface area contributed by atoms with Crippen molar-refractivity contribution in [1.29, 1.82) is 0 Å².